The first kappa shape index (κ1) is 22.8. The van der Waals surface area contributed by atoms with Crippen molar-refractivity contribution in [2.75, 3.05) is 5.32 Å². The second kappa shape index (κ2) is 8.00. The number of nitrogens with one attached hydrogen (secondary N) is 1. The maximum atomic E-state index is 13.9. The molecule has 1 amide bonds. The van der Waals surface area contributed by atoms with Crippen LogP contribution in [-0.2, 0) is 16.1 Å². The number of rotatable bonds is 4. The number of aromatic hydroxyl groups is 1. The number of halogens is 5. The van der Waals surface area contributed by atoms with Crippen molar-refractivity contribution in [2.24, 2.45) is 5.92 Å². The number of hydrogen-bond donors (Lipinski definition) is 3. The van der Waals surface area contributed by atoms with Gasteiger partial charge in [0, 0.05) is 17.4 Å². The molecule has 31 heavy (non-hydrogen) atoms. The van der Waals surface area contributed by atoms with Crippen molar-refractivity contribution in [3.05, 3.63) is 47.5 Å². The van der Waals surface area contributed by atoms with Gasteiger partial charge in [0.1, 0.15) is 12.7 Å². The number of amides is 1. The van der Waals surface area contributed by atoms with E-state index in [1.165, 1.54) is 0 Å². The van der Waals surface area contributed by atoms with Crippen LogP contribution in [-0.4, -0.2) is 44.0 Å². The zero-order valence-corrected chi connectivity index (χ0v) is 16.2. The average molecular weight is 447 g/mol. The maximum Gasteiger partial charge on any atom is 0.417 e. The number of benzene rings is 1. The van der Waals surface area contributed by atoms with E-state index in [4.69, 9.17) is 9.84 Å². The minimum absolute atomic E-state index is 0.00678. The third-order valence-electron chi connectivity index (χ3n) is 5.50. The predicted octanol–water partition coefficient (Wildman–Crippen LogP) is 3.03. The number of ether oxygens (including phenoxy) is 1. The van der Waals surface area contributed by atoms with Crippen LogP contribution in [0.15, 0.2) is 24.5 Å². The third kappa shape index (κ3) is 3.92. The molecule has 1 fully saturated rings. The smallest absolute Gasteiger partial charge is 0.417 e. The number of nitrogens with zero attached hydrogens (tertiary/aromatic N) is 2. The van der Waals surface area contributed by atoms with Crippen molar-refractivity contribution in [1.82, 2.24) is 9.97 Å². The highest BCUT2D eigenvalue weighted by Gasteiger charge is 2.65. The van der Waals surface area contributed by atoms with Crippen LogP contribution >= 0.6 is 0 Å². The summed E-state index contributed by atoms with van der Waals surface area (Å²) in [5.74, 6) is -8.12. The van der Waals surface area contributed by atoms with Crippen LogP contribution in [0.4, 0.5) is 27.6 Å². The van der Waals surface area contributed by atoms with E-state index in [0.717, 1.165) is 32.3 Å². The number of hydrogen-bond acceptors (Lipinski definition) is 6. The lowest BCUT2D eigenvalue weighted by Crippen LogP contribution is -2.47. The molecule has 4 atom stereocenters. The molecule has 0 saturated carbocycles. The lowest BCUT2D eigenvalue weighted by Gasteiger charge is -2.31. The third-order valence-corrected chi connectivity index (χ3v) is 5.50. The molecule has 168 valence electrons. The molecule has 3 rings (SSSR count). The SMILES string of the molecule is C[C@H]1[C@@H](c2ccc(F)c(F)c2O)[C@H](C(=O)Nc2cnc(CO)nc2)O[C@@]1(C)C(F)(F)F. The van der Waals surface area contributed by atoms with Gasteiger partial charge < -0.3 is 20.3 Å². The molecule has 7 nitrogen and oxygen atoms in total. The van der Waals surface area contributed by atoms with E-state index in [9.17, 15) is 31.9 Å². The van der Waals surface area contributed by atoms with E-state index in [1.54, 1.807) is 0 Å². The van der Waals surface area contributed by atoms with Gasteiger partial charge in [-0.3, -0.25) is 4.79 Å². The summed E-state index contributed by atoms with van der Waals surface area (Å²) in [5, 5.41) is 21.3. The molecule has 1 aliphatic rings. The predicted molar refractivity (Wildman–Crippen MR) is 95.8 cm³/mol. The number of aliphatic hydroxyl groups is 1. The summed E-state index contributed by atoms with van der Waals surface area (Å²) in [5.41, 5.74) is -3.20. The topological polar surface area (TPSA) is 105 Å². The lowest BCUT2D eigenvalue weighted by molar-refractivity contribution is -0.272. The molecule has 1 aromatic heterocycles. The Morgan fingerprint density at radius 3 is 2.42 bits per heavy atom. The number of phenols is 1. The largest absolute Gasteiger partial charge is 0.505 e. The van der Waals surface area contributed by atoms with Crippen LogP contribution in [0, 0.1) is 17.6 Å². The van der Waals surface area contributed by atoms with E-state index in [0.29, 0.717) is 6.07 Å². The first-order valence-corrected chi connectivity index (χ1v) is 9.04. The number of aliphatic hydroxyl groups excluding tert-OH is 1. The first-order chi connectivity index (χ1) is 14.4. The Hall–Kier alpha value is -2.86. The highest BCUT2D eigenvalue weighted by molar-refractivity contribution is 5.95. The van der Waals surface area contributed by atoms with Crippen LogP contribution in [0.2, 0.25) is 0 Å². The van der Waals surface area contributed by atoms with Gasteiger partial charge in [0.15, 0.2) is 23.0 Å². The molecule has 0 spiro atoms. The highest BCUT2D eigenvalue weighted by Crippen LogP contribution is 2.54. The fourth-order valence-electron chi connectivity index (χ4n) is 3.56. The minimum atomic E-state index is -4.90. The van der Waals surface area contributed by atoms with Crippen molar-refractivity contribution in [3.8, 4) is 5.75 Å². The van der Waals surface area contributed by atoms with E-state index in [1.807, 2.05) is 0 Å². The van der Waals surface area contributed by atoms with Gasteiger partial charge in [-0.1, -0.05) is 13.0 Å². The Kier molecular flexibility index (Phi) is 5.89. The number of phenolic OH excluding ortho intramolecular Hbond substituents is 1. The van der Waals surface area contributed by atoms with Gasteiger partial charge >= 0.3 is 6.18 Å². The Balaban J connectivity index is 2.02. The Bertz CT molecular complexity index is 986. The van der Waals surface area contributed by atoms with E-state index < -0.39 is 65.2 Å². The van der Waals surface area contributed by atoms with Gasteiger partial charge in [-0.25, -0.2) is 14.4 Å². The molecule has 3 N–H and O–H groups in total. The van der Waals surface area contributed by atoms with E-state index >= 15 is 0 Å². The molecular formula is C19H18F5N3O4. The van der Waals surface area contributed by atoms with Crippen molar-refractivity contribution in [1.29, 1.82) is 0 Å². The molecule has 2 heterocycles. The van der Waals surface area contributed by atoms with E-state index in [-0.39, 0.29) is 11.5 Å². The molecular weight excluding hydrogens is 429 g/mol. The summed E-state index contributed by atoms with van der Waals surface area (Å²) < 4.78 is 73.8. The zero-order valence-electron chi connectivity index (χ0n) is 16.2. The minimum Gasteiger partial charge on any atom is -0.505 e. The Labute approximate surface area is 172 Å². The molecule has 1 saturated heterocycles. The van der Waals surface area contributed by atoms with Crippen LogP contribution in [0.25, 0.3) is 0 Å². The second-order valence-electron chi connectivity index (χ2n) is 7.29. The average Bonchev–Trinajstić information content (AvgIpc) is 2.99. The fraction of sp³-hybridized carbons (Fsp3) is 0.421. The monoisotopic (exact) mass is 447 g/mol. The van der Waals surface area contributed by atoms with Crippen LogP contribution in [0.1, 0.15) is 31.2 Å². The summed E-state index contributed by atoms with van der Waals surface area (Å²) in [6.45, 7) is 1.43. The van der Waals surface area contributed by atoms with Crippen molar-refractivity contribution >= 4 is 11.6 Å². The molecule has 1 aliphatic heterocycles. The Morgan fingerprint density at radius 2 is 1.87 bits per heavy atom. The molecule has 0 aliphatic carbocycles. The van der Waals surface area contributed by atoms with Crippen molar-refractivity contribution < 1.29 is 41.7 Å². The summed E-state index contributed by atoms with van der Waals surface area (Å²) >= 11 is 0. The molecule has 1 aromatic carbocycles. The maximum absolute atomic E-state index is 13.9. The molecule has 12 heteroatoms. The summed E-state index contributed by atoms with van der Waals surface area (Å²) in [6.07, 6.45) is -4.46. The highest BCUT2D eigenvalue weighted by atomic mass is 19.4. The van der Waals surface area contributed by atoms with Crippen LogP contribution < -0.4 is 5.32 Å². The summed E-state index contributed by atoms with van der Waals surface area (Å²) in [6, 6.07) is 1.57. The van der Waals surface area contributed by atoms with Gasteiger partial charge in [0.25, 0.3) is 5.91 Å². The lowest BCUT2D eigenvalue weighted by atomic mass is 9.77. The number of carbonyl (C=O) groups is 1. The normalized spacial score (nSPS) is 26.1. The quantitative estimate of drug-likeness (QED) is 0.623. The standard InChI is InChI=1S/C19H18F5N3O4/c1-8-13(10-3-4-11(20)14(21)15(10)29)16(31-18(8,2)19(22,23)24)17(30)27-9-5-25-12(7-28)26-6-9/h3-6,8,13,16,28-29H,7H2,1-2H3,(H,27,30)/t8-,13-,16+,18+/m0/s1. The molecule has 0 bridgehead atoms. The van der Waals surface area contributed by atoms with Gasteiger partial charge in [-0.05, 0) is 13.0 Å². The second-order valence-corrected chi connectivity index (χ2v) is 7.29. The number of aromatic nitrogens is 2. The van der Waals surface area contributed by atoms with Gasteiger partial charge in [-0.2, -0.15) is 17.6 Å². The van der Waals surface area contributed by atoms with Crippen molar-refractivity contribution in [3.63, 3.8) is 0 Å². The van der Waals surface area contributed by atoms with Gasteiger partial charge in [-0.15, -0.1) is 0 Å². The number of anilines is 1. The van der Waals surface area contributed by atoms with Crippen LogP contribution in [0.3, 0.4) is 0 Å². The van der Waals surface area contributed by atoms with Gasteiger partial charge in [0.05, 0.1) is 18.1 Å². The summed E-state index contributed by atoms with van der Waals surface area (Å²) in [7, 11) is 0. The fourth-order valence-corrected chi connectivity index (χ4v) is 3.56. The Morgan fingerprint density at radius 1 is 1.26 bits per heavy atom. The van der Waals surface area contributed by atoms with Gasteiger partial charge in [0.2, 0.25) is 5.82 Å². The van der Waals surface area contributed by atoms with Crippen molar-refractivity contribution in [2.45, 2.75) is 44.3 Å². The number of carbonyl (C=O) groups excluding carboxylic acids is 1. The number of alkyl halides is 3. The first-order valence-electron chi connectivity index (χ1n) is 9.04. The van der Waals surface area contributed by atoms with Crippen LogP contribution in [0.5, 0.6) is 5.75 Å². The zero-order chi connectivity index (χ0) is 23.1. The summed E-state index contributed by atoms with van der Waals surface area (Å²) in [4.78, 5) is 20.3. The van der Waals surface area contributed by atoms with E-state index in [2.05, 4.69) is 15.3 Å². The molecule has 0 radical (unpaired) electrons. The molecule has 0 unspecified atom stereocenters. The molecule has 2 aromatic rings.